The van der Waals surface area contributed by atoms with E-state index >= 15 is 0 Å². The highest BCUT2D eigenvalue weighted by molar-refractivity contribution is 5.92. The lowest BCUT2D eigenvalue weighted by atomic mass is 10.1. The monoisotopic (exact) mass is 249 g/mol. The first-order chi connectivity index (χ1) is 9.36. The van der Waals surface area contributed by atoms with Crippen molar-refractivity contribution in [1.29, 1.82) is 5.26 Å². The molecule has 2 aromatic heterocycles. The first-order valence-corrected chi connectivity index (χ1v) is 5.92. The molecule has 0 amide bonds. The van der Waals surface area contributed by atoms with Crippen LogP contribution in [0, 0.1) is 11.3 Å². The number of hydrogen-bond donors (Lipinski definition) is 1. The quantitative estimate of drug-likeness (QED) is 0.773. The second-order valence-electron chi connectivity index (χ2n) is 4.13. The van der Waals surface area contributed by atoms with Crippen LogP contribution in [0.2, 0.25) is 0 Å². The minimum atomic E-state index is 0.330. The van der Waals surface area contributed by atoms with Gasteiger partial charge in [-0.1, -0.05) is 12.1 Å². The summed E-state index contributed by atoms with van der Waals surface area (Å²) in [6.07, 6.45) is 3.61. The summed E-state index contributed by atoms with van der Waals surface area (Å²) in [6.45, 7) is 0.537. The van der Waals surface area contributed by atoms with Crippen LogP contribution in [0.4, 0.5) is 5.69 Å². The number of benzene rings is 1. The maximum absolute atomic E-state index is 8.71. The SMILES string of the molecule is N#Cc1ccc(CNc2cccc3ccncc23)o1. The van der Waals surface area contributed by atoms with Crippen molar-refractivity contribution in [2.75, 3.05) is 5.32 Å². The highest BCUT2D eigenvalue weighted by Crippen LogP contribution is 2.22. The van der Waals surface area contributed by atoms with Crippen LogP contribution >= 0.6 is 0 Å². The van der Waals surface area contributed by atoms with Gasteiger partial charge < -0.3 is 9.73 Å². The molecule has 1 aromatic carbocycles. The van der Waals surface area contributed by atoms with E-state index in [9.17, 15) is 0 Å². The van der Waals surface area contributed by atoms with Gasteiger partial charge in [0.2, 0.25) is 5.76 Å². The molecule has 0 fully saturated rings. The van der Waals surface area contributed by atoms with Gasteiger partial charge in [-0.15, -0.1) is 0 Å². The maximum atomic E-state index is 8.71. The van der Waals surface area contributed by atoms with Gasteiger partial charge in [0.25, 0.3) is 0 Å². The Kier molecular flexibility index (Phi) is 2.87. The molecule has 0 radical (unpaired) electrons. The third-order valence-electron chi connectivity index (χ3n) is 2.91. The van der Waals surface area contributed by atoms with E-state index in [1.54, 1.807) is 18.3 Å². The largest absolute Gasteiger partial charge is 0.449 e. The van der Waals surface area contributed by atoms with Crippen molar-refractivity contribution in [2.45, 2.75) is 6.54 Å². The van der Waals surface area contributed by atoms with E-state index in [1.807, 2.05) is 36.5 Å². The fraction of sp³-hybridized carbons (Fsp3) is 0.0667. The average Bonchev–Trinajstić information content (AvgIpc) is 2.93. The van der Waals surface area contributed by atoms with E-state index in [-0.39, 0.29) is 0 Å². The van der Waals surface area contributed by atoms with E-state index in [2.05, 4.69) is 10.3 Å². The van der Waals surface area contributed by atoms with Gasteiger partial charge in [0.1, 0.15) is 11.8 Å². The van der Waals surface area contributed by atoms with Gasteiger partial charge in [0, 0.05) is 23.5 Å². The first kappa shape index (κ1) is 11.3. The van der Waals surface area contributed by atoms with Gasteiger partial charge >= 0.3 is 0 Å². The Bertz CT molecular complexity index is 750. The molecule has 0 aliphatic heterocycles. The first-order valence-electron chi connectivity index (χ1n) is 5.92. The van der Waals surface area contributed by atoms with Crippen LogP contribution in [0.1, 0.15) is 11.5 Å². The van der Waals surface area contributed by atoms with Crippen molar-refractivity contribution < 1.29 is 4.42 Å². The summed E-state index contributed by atoms with van der Waals surface area (Å²) >= 11 is 0. The lowest BCUT2D eigenvalue weighted by Gasteiger charge is -2.07. The fourth-order valence-corrected chi connectivity index (χ4v) is 1.98. The maximum Gasteiger partial charge on any atom is 0.203 e. The third kappa shape index (κ3) is 2.26. The molecule has 3 aromatic rings. The summed E-state index contributed by atoms with van der Waals surface area (Å²) in [5.41, 5.74) is 1.00. The molecule has 0 spiro atoms. The molecule has 4 nitrogen and oxygen atoms in total. The summed E-state index contributed by atoms with van der Waals surface area (Å²) in [6, 6.07) is 13.4. The molecule has 0 saturated carbocycles. The van der Waals surface area contributed by atoms with Crippen LogP contribution in [-0.4, -0.2) is 4.98 Å². The highest BCUT2D eigenvalue weighted by atomic mass is 16.3. The Morgan fingerprint density at radius 2 is 2.16 bits per heavy atom. The standard InChI is InChI=1S/C15H11N3O/c16-8-12-4-5-13(19-12)9-18-15-3-1-2-11-6-7-17-10-14(11)15/h1-7,10,18H,9H2. The molecule has 0 unspecified atom stereocenters. The van der Waals surface area contributed by atoms with E-state index in [0.717, 1.165) is 22.2 Å². The number of nitrogens with one attached hydrogen (secondary N) is 1. The van der Waals surface area contributed by atoms with Crippen LogP contribution in [0.5, 0.6) is 0 Å². The van der Waals surface area contributed by atoms with Crippen molar-refractivity contribution >= 4 is 16.5 Å². The van der Waals surface area contributed by atoms with Gasteiger partial charge in [-0.05, 0) is 29.7 Å². The van der Waals surface area contributed by atoms with Crippen molar-refractivity contribution in [3.05, 3.63) is 60.3 Å². The van der Waals surface area contributed by atoms with Crippen molar-refractivity contribution in [2.24, 2.45) is 0 Å². The van der Waals surface area contributed by atoms with Gasteiger partial charge in [0.05, 0.1) is 6.54 Å². The Morgan fingerprint density at radius 1 is 1.21 bits per heavy atom. The second kappa shape index (κ2) is 4.83. The molecular formula is C15H11N3O. The number of furan rings is 1. The third-order valence-corrected chi connectivity index (χ3v) is 2.91. The number of anilines is 1. The Morgan fingerprint density at radius 3 is 3.00 bits per heavy atom. The molecule has 0 aliphatic rings. The fourth-order valence-electron chi connectivity index (χ4n) is 1.98. The summed E-state index contributed by atoms with van der Waals surface area (Å²) in [4.78, 5) is 4.14. The number of nitriles is 1. The van der Waals surface area contributed by atoms with Crippen molar-refractivity contribution in [1.82, 2.24) is 4.98 Å². The summed E-state index contributed by atoms with van der Waals surface area (Å²) in [5, 5.41) is 14.2. The van der Waals surface area contributed by atoms with Crippen molar-refractivity contribution in [3.8, 4) is 6.07 Å². The van der Waals surface area contributed by atoms with Crippen LogP contribution in [0.15, 0.2) is 53.2 Å². The highest BCUT2D eigenvalue weighted by Gasteiger charge is 2.03. The number of fused-ring (bicyclic) bond motifs is 1. The minimum absolute atomic E-state index is 0.330. The number of rotatable bonds is 3. The van der Waals surface area contributed by atoms with Gasteiger partial charge in [-0.2, -0.15) is 5.26 Å². The van der Waals surface area contributed by atoms with E-state index < -0.39 is 0 Å². The van der Waals surface area contributed by atoms with Gasteiger partial charge in [-0.3, -0.25) is 4.98 Å². The predicted octanol–water partition coefficient (Wildman–Crippen LogP) is 3.31. The normalized spacial score (nSPS) is 10.3. The van der Waals surface area contributed by atoms with Gasteiger partial charge in [0.15, 0.2) is 0 Å². The van der Waals surface area contributed by atoms with Crippen LogP contribution < -0.4 is 5.32 Å². The molecule has 92 valence electrons. The molecule has 0 bridgehead atoms. The zero-order valence-electron chi connectivity index (χ0n) is 10.1. The van der Waals surface area contributed by atoms with Crippen molar-refractivity contribution in [3.63, 3.8) is 0 Å². The molecule has 4 heteroatoms. The Balaban J connectivity index is 1.84. The summed E-state index contributed by atoms with van der Waals surface area (Å²) in [7, 11) is 0. The van der Waals surface area contributed by atoms with Crippen LogP contribution in [-0.2, 0) is 6.54 Å². The van der Waals surface area contributed by atoms with Gasteiger partial charge in [-0.25, -0.2) is 0 Å². The predicted molar refractivity (Wildman–Crippen MR) is 72.5 cm³/mol. The molecule has 0 aliphatic carbocycles. The van der Waals surface area contributed by atoms with E-state index in [4.69, 9.17) is 9.68 Å². The zero-order valence-corrected chi connectivity index (χ0v) is 10.1. The Labute approximate surface area is 110 Å². The molecule has 19 heavy (non-hydrogen) atoms. The second-order valence-corrected chi connectivity index (χ2v) is 4.13. The zero-order chi connectivity index (χ0) is 13.1. The van der Waals surface area contributed by atoms with Crippen LogP contribution in [0.25, 0.3) is 10.8 Å². The molecule has 1 N–H and O–H groups in total. The molecule has 0 atom stereocenters. The average molecular weight is 249 g/mol. The lowest BCUT2D eigenvalue weighted by molar-refractivity contribution is 0.506. The molecule has 3 rings (SSSR count). The van der Waals surface area contributed by atoms with E-state index in [1.165, 1.54) is 0 Å². The van der Waals surface area contributed by atoms with E-state index in [0.29, 0.717) is 12.3 Å². The topological polar surface area (TPSA) is 61.9 Å². The molecule has 0 saturated heterocycles. The Hall–Kier alpha value is -2.80. The number of pyridine rings is 1. The summed E-state index contributed by atoms with van der Waals surface area (Å²) in [5.74, 6) is 1.06. The number of hydrogen-bond acceptors (Lipinski definition) is 4. The van der Waals surface area contributed by atoms with Crippen LogP contribution in [0.3, 0.4) is 0 Å². The summed E-state index contributed by atoms with van der Waals surface area (Å²) < 4.78 is 5.33. The number of nitrogens with zero attached hydrogens (tertiary/aromatic N) is 2. The molecule has 2 heterocycles. The number of aromatic nitrogens is 1. The lowest BCUT2D eigenvalue weighted by Crippen LogP contribution is -1.98. The smallest absolute Gasteiger partial charge is 0.203 e. The minimum Gasteiger partial charge on any atom is -0.449 e. The molecular weight excluding hydrogens is 238 g/mol.